The molecule has 1 aromatic carbocycles. The number of nitrogens with one attached hydrogen (secondary N) is 3. The van der Waals surface area contributed by atoms with Gasteiger partial charge in [-0.2, -0.15) is 5.10 Å². The number of fused-ring (bicyclic) bond motifs is 1. The Balaban J connectivity index is 1.43. The second kappa shape index (κ2) is 9.10. The molecule has 0 unspecified atom stereocenters. The molecule has 5 N–H and O–H groups in total. The number of hydrogen-bond acceptors (Lipinski definition) is 8. The van der Waals surface area contributed by atoms with Gasteiger partial charge in [0.2, 0.25) is 5.91 Å². The van der Waals surface area contributed by atoms with E-state index in [9.17, 15) is 4.79 Å². The third-order valence-electron chi connectivity index (χ3n) is 4.75. The van der Waals surface area contributed by atoms with Crippen LogP contribution in [0.4, 0.5) is 11.5 Å². The van der Waals surface area contributed by atoms with E-state index in [-0.39, 0.29) is 24.3 Å². The van der Waals surface area contributed by atoms with Crippen molar-refractivity contribution in [2.24, 2.45) is 0 Å². The monoisotopic (exact) mass is 455 g/mol. The second-order valence-electron chi connectivity index (χ2n) is 7.10. The minimum Gasteiger partial charge on any atom is -0.495 e. The lowest BCUT2D eigenvalue weighted by molar-refractivity contribution is -0.122. The number of methoxy groups -OCH3 is 1. The quantitative estimate of drug-likeness (QED) is 0.315. The van der Waals surface area contributed by atoms with Crippen LogP contribution in [0.15, 0.2) is 36.9 Å². The summed E-state index contributed by atoms with van der Waals surface area (Å²) >= 11 is 6.05. The molecule has 1 atom stereocenters. The van der Waals surface area contributed by atoms with E-state index in [2.05, 4.69) is 35.7 Å². The van der Waals surface area contributed by atoms with Crippen LogP contribution < -0.4 is 21.1 Å². The van der Waals surface area contributed by atoms with Crippen LogP contribution in [0.25, 0.3) is 22.6 Å². The third-order valence-corrected chi connectivity index (χ3v) is 5.06. The number of aromatic nitrogens is 6. The van der Waals surface area contributed by atoms with Gasteiger partial charge in [0.25, 0.3) is 0 Å². The molecule has 1 amide bonds. The first-order chi connectivity index (χ1) is 15.5. The van der Waals surface area contributed by atoms with Crippen molar-refractivity contribution < 1.29 is 9.53 Å². The van der Waals surface area contributed by atoms with Crippen molar-refractivity contribution in [3.8, 4) is 17.3 Å². The fraction of sp³-hybridized carbons (Fsp3) is 0.250. The lowest BCUT2D eigenvalue weighted by atomic mass is 10.2. The number of nitrogens with two attached hydrogens (primary N) is 1. The first-order valence-electron chi connectivity index (χ1n) is 9.79. The molecule has 0 fully saturated rings. The Labute approximate surface area is 188 Å². The number of hydrogen-bond donors (Lipinski definition) is 4. The number of amides is 1. The van der Waals surface area contributed by atoms with E-state index in [1.807, 2.05) is 13.0 Å². The Morgan fingerprint density at radius 1 is 1.34 bits per heavy atom. The first kappa shape index (κ1) is 21.4. The average molecular weight is 456 g/mol. The van der Waals surface area contributed by atoms with Gasteiger partial charge in [0.15, 0.2) is 11.5 Å². The molecule has 0 spiro atoms. The Morgan fingerprint density at radius 2 is 2.19 bits per heavy atom. The lowest BCUT2D eigenvalue weighted by Crippen LogP contribution is -2.39. The van der Waals surface area contributed by atoms with Gasteiger partial charge in [-0.3, -0.25) is 4.79 Å². The van der Waals surface area contributed by atoms with E-state index in [0.717, 1.165) is 5.69 Å². The van der Waals surface area contributed by atoms with Crippen molar-refractivity contribution in [2.45, 2.75) is 19.5 Å². The number of benzene rings is 1. The maximum atomic E-state index is 12.7. The van der Waals surface area contributed by atoms with E-state index in [1.54, 1.807) is 31.6 Å². The average Bonchev–Trinajstić information content (AvgIpc) is 3.42. The minimum atomic E-state index is -0.222. The fourth-order valence-corrected chi connectivity index (χ4v) is 3.44. The van der Waals surface area contributed by atoms with Gasteiger partial charge in [0, 0.05) is 36.7 Å². The molecule has 3 heterocycles. The number of H-pyrrole nitrogens is 1. The number of carbonyl (C=O) groups is 1. The van der Waals surface area contributed by atoms with Crippen LogP contribution in [0.2, 0.25) is 5.02 Å². The number of nitrogens with zero attached hydrogens (tertiary/aromatic N) is 5. The van der Waals surface area contributed by atoms with E-state index in [0.29, 0.717) is 39.9 Å². The van der Waals surface area contributed by atoms with Crippen molar-refractivity contribution in [3.05, 3.63) is 41.9 Å². The van der Waals surface area contributed by atoms with E-state index >= 15 is 0 Å². The van der Waals surface area contributed by atoms with Crippen molar-refractivity contribution in [1.82, 2.24) is 35.0 Å². The molecule has 0 bridgehead atoms. The Bertz CT molecular complexity index is 1240. The Morgan fingerprint density at radius 3 is 2.94 bits per heavy atom. The molecule has 3 aromatic heterocycles. The largest absolute Gasteiger partial charge is 0.495 e. The fourth-order valence-electron chi connectivity index (χ4n) is 3.25. The van der Waals surface area contributed by atoms with Gasteiger partial charge < -0.3 is 26.1 Å². The van der Waals surface area contributed by atoms with E-state index in [4.69, 9.17) is 22.1 Å². The summed E-state index contributed by atoms with van der Waals surface area (Å²) in [5.41, 5.74) is 7.82. The zero-order valence-corrected chi connectivity index (χ0v) is 18.2. The molecule has 12 heteroatoms. The smallest absolute Gasteiger partial charge is 0.242 e. The van der Waals surface area contributed by atoms with Gasteiger partial charge in [-0.15, -0.1) is 0 Å². The lowest BCUT2D eigenvalue weighted by Gasteiger charge is -2.16. The van der Waals surface area contributed by atoms with Gasteiger partial charge in [0.05, 0.1) is 17.5 Å². The predicted octanol–water partition coefficient (Wildman–Crippen LogP) is 2.08. The van der Waals surface area contributed by atoms with Gasteiger partial charge in [-0.05, 0) is 19.1 Å². The number of ether oxygens (including phenoxy) is 1. The topological polar surface area (TPSA) is 149 Å². The highest BCUT2D eigenvalue weighted by Gasteiger charge is 2.20. The molecule has 0 aliphatic rings. The molecule has 0 radical (unpaired) electrons. The predicted molar refractivity (Wildman–Crippen MR) is 121 cm³/mol. The van der Waals surface area contributed by atoms with Crippen LogP contribution in [0, 0.1) is 0 Å². The summed E-state index contributed by atoms with van der Waals surface area (Å²) in [5.74, 6) is 1.14. The molecule has 0 saturated carbocycles. The maximum Gasteiger partial charge on any atom is 0.242 e. The van der Waals surface area contributed by atoms with E-state index < -0.39 is 0 Å². The van der Waals surface area contributed by atoms with Crippen LogP contribution in [0.5, 0.6) is 5.75 Å². The molecule has 0 saturated heterocycles. The zero-order valence-electron chi connectivity index (χ0n) is 17.5. The van der Waals surface area contributed by atoms with Crippen molar-refractivity contribution in [3.63, 3.8) is 0 Å². The molecule has 32 heavy (non-hydrogen) atoms. The van der Waals surface area contributed by atoms with Gasteiger partial charge in [-0.25, -0.2) is 19.6 Å². The number of aromatic amines is 1. The van der Waals surface area contributed by atoms with E-state index in [1.165, 1.54) is 11.0 Å². The standard InChI is InChI=1S/C20H22ClN9O2/c1-11(8-25-12-3-4-13(21)14(7-12)32-2)28-15(31)9-30-20-16(18(22)26-10-27-20)17(29-30)19-23-5-6-24-19/h3-7,10-11,25H,8-9H2,1-2H3,(H,23,24)(H,28,31)(H2,22,26,27)/t11-/m0/s1. The van der Waals surface area contributed by atoms with Crippen LogP contribution >= 0.6 is 11.6 Å². The molecule has 0 aliphatic carbocycles. The number of halogens is 1. The highest BCUT2D eigenvalue weighted by atomic mass is 35.5. The highest BCUT2D eigenvalue weighted by Crippen LogP contribution is 2.28. The highest BCUT2D eigenvalue weighted by molar-refractivity contribution is 6.32. The Hall–Kier alpha value is -3.86. The summed E-state index contributed by atoms with van der Waals surface area (Å²) in [4.78, 5) is 28.2. The van der Waals surface area contributed by atoms with Crippen LogP contribution in [0.1, 0.15) is 6.92 Å². The number of nitrogen functional groups attached to an aromatic ring is 1. The van der Waals surface area contributed by atoms with Crippen LogP contribution in [-0.4, -0.2) is 55.3 Å². The second-order valence-corrected chi connectivity index (χ2v) is 7.51. The minimum absolute atomic E-state index is 0.0350. The Kier molecular flexibility index (Phi) is 6.08. The van der Waals surface area contributed by atoms with Crippen molar-refractivity contribution in [2.75, 3.05) is 24.7 Å². The summed E-state index contributed by atoms with van der Waals surface area (Å²) in [5, 5.41) is 11.8. The van der Waals surface area contributed by atoms with Crippen molar-refractivity contribution in [1.29, 1.82) is 0 Å². The summed E-state index contributed by atoms with van der Waals surface area (Å²) in [6.07, 6.45) is 4.63. The number of rotatable bonds is 8. The van der Waals surface area contributed by atoms with Gasteiger partial charge in [-0.1, -0.05) is 11.6 Å². The molecule has 0 aliphatic heterocycles. The number of imidazole rings is 1. The summed E-state index contributed by atoms with van der Waals surface area (Å²) in [6, 6.07) is 5.23. The normalized spacial score (nSPS) is 12.0. The molecule has 4 rings (SSSR count). The molecular weight excluding hydrogens is 434 g/mol. The summed E-state index contributed by atoms with van der Waals surface area (Å²) in [6.45, 7) is 2.36. The molecular formula is C20H22ClN9O2. The number of anilines is 2. The third kappa shape index (κ3) is 4.42. The maximum absolute atomic E-state index is 12.7. The first-order valence-corrected chi connectivity index (χ1v) is 10.2. The zero-order chi connectivity index (χ0) is 22.7. The van der Waals surface area contributed by atoms with Gasteiger partial charge in [0.1, 0.15) is 30.1 Å². The SMILES string of the molecule is COc1cc(NC[C@H](C)NC(=O)Cn2nc(-c3ncc[nH]3)c3c(N)ncnc32)ccc1Cl. The summed E-state index contributed by atoms with van der Waals surface area (Å²) in [7, 11) is 1.56. The number of carbonyl (C=O) groups excluding carboxylic acids is 1. The molecule has 166 valence electrons. The molecule has 4 aromatic rings. The molecule has 11 nitrogen and oxygen atoms in total. The summed E-state index contributed by atoms with van der Waals surface area (Å²) < 4.78 is 6.71. The van der Waals surface area contributed by atoms with Gasteiger partial charge >= 0.3 is 0 Å². The van der Waals surface area contributed by atoms with Crippen LogP contribution in [-0.2, 0) is 11.3 Å². The van der Waals surface area contributed by atoms with Crippen LogP contribution in [0.3, 0.4) is 0 Å². The van der Waals surface area contributed by atoms with Crippen molar-refractivity contribution >= 4 is 40.0 Å².